The first-order valence-electron chi connectivity index (χ1n) is 5.44. The van der Waals surface area contributed by atoms with E-state index in [-0.39, 0.29) is 10.6 Å². The molecule has 0 spiro atoms. The second kappa shape index (κ2) is 3.94. The first-order valence-corrected chi connectivity index (χ1v) is 6.52. The number of fused-ring (bicyclic) bond motifs is 1. The molecule has 1 saturated carbocycles. The zero-order valence-electron chi connectivity index (χ0n) is 8.97. The fourth-order valence-electron chi connectivity index (χ4n) is 2.02. The van der Waals surface area contributed by atoms with Gasteiger partial charge in [0.25, 0.3) is 5.69 Å². The van der Waals surface area contributed by atoms with Crippen LogP contribution in [0.2, 0.25) is 0 Å². The Morgan fingerprint density at radius 2 is 2.35 bits per heavy atom. The first-order chi connectivity index (χ1) is 8.16. The molecule has 2 aromatic rings. The van der Waals surface area contributed by atoms with Gasteiger partial charge >= 0.3 is 0 Å². The maximum absolute atomic E-state index is 11.0. The molecule has 0 saturated heterocycles. The minimum Gasteiger partial charge on any atom is -0.331 e. The molecule has 0 unspecified atom stereocenters. The summed E-state index contributed by atoms with van der Waals surface area (Å²) in [6.45, 7) is 0.924. The maximum atomic E-state index is 11.0. The molecule has 17 heavy (non-hydrogen) atoms. The Labute approximate surface area is 111 Å². The topological polar surface area (TPSA) is 61.0 Å². The van der Waals surface area contributed by atoms with E-state index in [0.29, 0.717) is 5.39 Å². The molecule has 0 aromatic carbocycles. The van der Waals surface area contributed by atoms with Crippen LogP contribution in [0.1, 0.15) is 12.8 Å². The largest absolute Gasteiger partial charge is 0.331 e. The van der Waals surface area contributed by atoms with Crippen molar-refractivity contribution in [2.24, 2.45) is 5.92 Å². The molecule has 0 N–H and O–H groups in total. The molecule has 0 amide bonds. The number of aromatic nitrogens is 2. The predicted octanol–water partition coefficient (Wildman–Crippen LogP) is 2.96. The van der Waals surface area contributed by atoms with Gasteiger partial charge in [0, 0.05) is 28.6 Å². The third kappa shape index (κ3) is 1.90. The van der Waals surface area contributed by atoms with Gasteiger partial charge in [0.2, 0.25) is 0 Å². The highest BCUT2D eigenvalue weighted by molar-refractivity contribution is 14.1. The van der Waals surface area contributed by atoms with E-state index in [9.17, 15) is 10.1 Å². The molecular formula is C11H10IN3O2. The second-order valence-electron chi connectivity index (χ2n) is 4.36. The summed E-state index contributed by atoms with van der Waals surface area (Å²) in [5.41, 5.74) is 0.879. The molecule has 1 aliphatic carbocycles. The first kappa shape index (κ1) is 10.9. The zero-order valence-corrected chi connectivity index (χ0v) is 11.1. The van der Waals surface area contributed by atoms with E-state index in [2.05, 4.69) is 27.6 Å². The zero-order chi connectivity index (χ0) is 12.0. The highest BCUT2D eigenvalue weighted by atomic mass is 127. The van der Waals surface area contributed by atoms with Gasteiger partial charge in [0.05, 0.1) is 4.92 Å². The Balaban J connectivity index is 2.19. The second-order valence-corrected chi connectivity index (χ2v) is 5.52. The van der Waals surface area contributed by atoms with Gasteiger partial charge in [-0.1, -0.05) is 0 Å². The molecule has 1 fully saturated rings. The van der Waals surface area contributed by atoms with Crippen molar-refractivity contribution in [1.29, 1.82) is 0 Å². The fourth-order valence-corrected chi connectivity index (χ4v) is 2.87. The number of hydrogen-bond donors (Lipinski definition) is 0. The number of nitro groups is 1. The Morgan fingerprint density at radius 3 is 3.00 bits per heavy atom. The van der Waals surface area contributed by atoms with Crippen molar-refractivity contribution in [1.82, 2.24) is 9.55 Å². The SMILES string of the molecule is O=[N+]([O-])c1ccnc2c1c(I)cn2CC1CC1. The Kier molecular flexibility index (Phi) is 2.53. The lowest BCUT2D eigenvalue weighted by molar-refractivity contribution is -0.383. The maximum Gasteiger partial charge on any atom is 0.283 e. The summed E-state index contributed by atoms with van der Waals surface area (Å²) in [6.07, 6.45) is 5.99. The molecule has 88 valence electrons. The van der Waals surface area contributed by atoms with Crippen molar-refractivity contribution in [3.05, 3.63) is 32.1 Å². The Hall–Kier alpha value is -1.18. The van der Waals surface area contributed by atoms with Crippen molar-refractivity contribution in [3.63, 3.8) is 0 Å². The third-order valence-corrected chi connectivity index (χ3v) is 3.86. The highest BCUT2D eigenvalue weighted by Gasteiger charge is 2.25. The summed E-state index contributed by atoms with van der Waals surface area (Å²) in [5, 5.41) is 11.6. The van der Waals surface area contributed by atoms with Gasteiger partial charge in [-0.15, -0.1) is 0 Å². The normalized spacial score (nSPS) is 15.4. The molecule has 2 heterocycles. The molecule has 6 heteroatoms. The highest BCUT2D eigenvalue weighted by Crippen LogP contribution is 2.34. The lowest BCUT2D eigenvalue weighted by atomic mass is 10.3. The molecule has 1 aliphatic rings. The summed E-state index contributed by atoms with van der Waals surface area (Å²) in [6, 6.07) is 1.46. The van der Waals surface area contributed by atoms with Gasteiger partial charge in [-0.25, -0.2) is 4.98 Å². The van der Waals surface area contributed by atoms with Crippen LogP contribution in [0.5, 0.6) is 0 Å². The molecule has 0 aliphatic heterocycles. The van der Waals surface area contributed by atoms with Crippen LogP contribution in [0.4, 0.5) is 5.69 Å². The minimum absolute atomic E-state index is 0.147. The van der Waals surface area contributed by atoms with Crippen LogP contribution in [-0.4, -0.2) is 14.5 Å². The average Bonchev–Trinajstić information content (AvgIpc) is 3.05. The third-order valence-electron chi connectivity index (χ3n) is 3.04. The van der Waals surface area contributed by atoms with Gasteiger partial charge < -0.3 is 4.57 Å². The van der Waals surface area contributed by atoms with Crippen LogP contribution in [0, 0.1) is 19.6 Å². The van der Waals surface area contributed by atoms with E-state index in [1.807, 2.05) is 10.8 Å². The minimum atomic E-state index is -0.340. The molecule has 0 bridgehead atoms. The summed E-state index contributed by atoms with van der Waals surface area (Å²) in [7, 11) is 0. The summed E-state index contributed by atoms with van der Waals surface area (Å²) in [5.74, 6) is 0.725. The number of hydrogen-bond acceptors (Lipinski definition) is 3. The lowest BCUT2D eigenvalue weighted by Gasteiger charge is -2.01. The van der Waals surface area contributed by atoms with Gasteiger partial charge in [0.1, 0.15) is 11.0 Å². The van der Waals surface area contributed by atoms with E-state index >= 15 is 0 Å². The quantitative estimate of drug-likeness (QED) is 0.489. The van der Waals surface area contributed by atoms with Gasteiger partial charge in [-0.2, -0.15) is 0 Å². The fraction of sp³-hybridized carbons (Fsp3) is 0.364. The number of rotatable bonds is 3. The van der Waals surface area contributed by atoms with E-state index in [1.165, 1.54) is 25.1 Å². The van der Waals surface area contributed by atoms with Crippen LogP contribution < -0.4 is 0 Å². The Bertz CT molecular complexity index is 604. The van der Waals surface area contributed by atoms with E-state index < -0.39 is 0 Å². The van der Waals surface area contributed by atoms with E-state index in [4.69, 9.17) is 0 Å². The molecule has 5 nitrogen and oxygen atoms in total. The van der Waals surface area contributed by atoms with Crippen LogP contribution in [0.3, 0.4) is 0 Å². The molecule has 3 rings (SSSR count). The number of nitrogens with zero attached hydrogens (tertiary/aromatic N) is 3. The van der Waals surface area contributed by atoms with Crippen LogP contribution >= 0.6 is 22.6 Å². The van der Waals surface area contributed by atoms with Gasteiger partial charge in [-0.3, -0.25) is 10.1 Å². The standard InChI is InChI=1S/C11H10IN3O2/c12-8-6-14(5-7-1-2-7)11-10(8)9(15(16)17)3-4-13-11/h3-4,6-7H,1-2,5H2. The van der Waals surface area contributed by atoms with Crippen LogP contribution in [0.25, 0.3) is 11.0 Å². The monoisotopic (exact) mass is 343 g/mol. The lowest BCUT2D eigenvalue weighted by Crippen LogP contribution is -1.99. The average molecular weight is 343 g/mol. The van der Waals surface area contributed by atoms with Crippen molar-refractivity contribution >= 4 is 39.3 Å². The van der Waals surface area contributed by atoms with Crippen LogP contribution in [0.15, 0.2) is 18.5 Å². The molecule has 2 aromatic heterocycles. The van der Waals surface area contributed by atoms with Gasteiger partial charge in [-0.05, 0) is 41.4 Å². The number of halogens is 1. The van der Waals surface area contributed by atoms with Crippen molar-refractivity contribution in [2.75, 3.05) is 0 Å². The molecule has 0 atom stereocenters. The van der Waals surface area contributed by atoms with Crippen LogP contribution in [-0.2, 0) is 6.54 Å². The van der Waals surface area contributed by atoms with Gasteiger partial charge in [0.15, 0.2) is 0 Å². The van der Waals surface area contributed by atoms with Crippen molar-refractivity contribution in [2.45, 2.75) is 19.4 Å². The van der Waals surface area contributed by atoms with Crippen molar-refractivity contribution < 1.29 is 4.92 Å². The summed E-state index contributed by atoms with van der Waals surface area (Å²) < 4.78 is 2.94. The summed E-state index contributed by atoms with van der Waals surface area (Å²) >= 11 is 2.14. The van der Waals surface area contributed by atoms with E-state index in [0.717, 1.165) is 21.7 Å². The predicted molar refractivity (Wildman–Crippen MR) is 71.8 cm³/mol. The molecule has 0 radical (unpaired) electrons. The smallest absolute Gasteiger partial charge is 0.283 e. The van der Waals surface area contributed by atoms with E-state index in [1.54, 1.807) is 0 Å². The number of pyridine rings is 1. The van der Waals surface area contributed by atoms with Crippen molar-refractivity contribution in [3.8, 4) is 0 Å². The summed E-state index contributed by atoms with van der Waals surface area (Å²) in [4.78, 5) is 14.9. The molecular weight excluding hydrogens is 333 g/mol. The Morgan fingerprint density at radius 1 is 1.59 bits per heavy atom.